The number of hydrogen-bond donors (Lipinski definition) is 0. The molecule has 0 aliphatic heterocycles. The van der Waals surface area contributed by atoms with Crippen LogP contribution >= 0.6 is 0 Å². The Balaban J connectivity index is 1.61. The van der Waals surface area contributed by atoms with Crippen molar-refractivity contribution >= 4 is 11.8 Å². The number of carbonyl (C=O) groups excluding carboxylic acids is 2. The van der Waals surface area contributed by atoms with E-state index >= 15 is 0 Å². The molecule has 2 aliphatic carbocycles. The van der Waals surface area contributed by atoms with Gasteiger partial charge in [-0.05, 0) is 50.7 Å². The predicted molar refractivity (Wildman–Crippen MR) is 112 cm³/mol. The molecule has 28 heavy (non-hydrogen) atoms. The number of hydrogen-bond acceptors (Lipinski definition) is 2. The number of amides is 2. The molecule has 0 aromatic carbocycles. The van der Waals surface area contributed by atoms with Crippen LogP contribution in [0.2, 0.25) is 0 Å². The van der Waals surface area contributed by atoms with E-state index in [1.807, 2.05) is 29.1 Å². The van der Waals surface area contributed by atoms with Gasteiger partial charge in [-0.2, -0.15) is 0 Å². The third kappa shape index (κ3) is 5.39. The second kappa shape index (κ2) is 9.62. The Morgan fingerprint density at radius 2 is 1.89 bits per heavy atom. The average Bonchev–Trinajstić information content (AvgIpc) is 3.23. The van der Waals surface area contributed by atoms with Crippen molar-refractivity contribution in [3.63, 3.8) is 0 Å². The van der Waals surface area contributed by atoms with Crippen LogP contribution in [0.3, 0.4) is 0 Å². The molecule has 156 valence electrons. The van der Waals surface area contributed by atoms with Gasteiger partial charge in [0.15, 0.2) is 0 Å². The lowest BCUT2D eigenvalue weighted by molar-refractivity contribution is -0.143. The largest absolute Gasteiger partial charge is 0.353 e. The number of aryl methyl sites for hydroxylation is 1. The van der Waals surface area contributed by atoms with Crippen LogP contribution in [0.1, 0.15) is 77.3 Å². The van der Waals surface area contributed by atoms with Crippen molar-refractivity contribution in [2.75, 3.05) is 6.54 Å². The van der Waals surface area contributed by atoms with Crippen LogP contribution in [-0.4, -0.2) is 44.8 Å². The van der Waals surface area contributed by atoms with Crippen LogP contribution in [0.4, 0.5) is 0 Å². The Labute approximate surface area is 170 Å². The van der Waals surface area contributed by atoms with Gasteiger partial charge in [0.05, 0.1) is 6.54 Å². The second-order valence-electron chi connectivity index (χ2n) is 8.83. The van der Waals surface area contributed by atoms with E-state index in [0.717, 1.165) is 31.4 Å². The normalized spacial score (nSPS) is 18.2. The van der Waals surface area contributed by atoms with Crippen molar-refractivity contribution in [3.05, 3.63) is 24.0 Å². The van der Waals surface area contributed by atoms with E-state index in [1.165, 1.54) is 25.7 Å². The summed E-state index contributed by atoms with van der Waals surface area (Å²) in [6.07, 6.45) is 11.8. The van der Waals surface area contributed by atoms with Crippen molar-refractivity contribution in [1.29, 1.82) is 0 Å². The molecule has 0 radical (unpaired) electrons. The molecule has 0 bridgehead atoms. The summed E-state index contributed by atoms with van der Waals surface area (Å²) in [6.45, 7) is 5.02. The zero-order valence-electron chi connectivity index (χ0n) is 17.9. The maximum absolute atomic E-state index is 13.2. The van der Waals surface area contributed by atoms with Gasteiger partial charge >= 0.3 is 0 Å². The molecule has 2 aliphatic rings. The van der Waals surface area contributed by atoms with Gasteiger partial charge < -0.3 is 14.4 Å². The highest BCUT2D eigenvalue weighted by Gasteiger charge is 2.34. The molecule has 2 saturated carbocycles. The molecule has 0 spiro atoms. The van der Waals surface area contributed by atoms with Crippen LogP contribution in [0.15, 0.2) is 18.3 Å². The smallest absolute Gasteiger partial charge is 0.242 e. The average molecular weight is 388 g/mol. The Morgan fingerprint density at radius 3 is 2.46 bits per heavy atom. The van der Waals surface area contributed by atoms with Crippen LogP contribution < -0.4 is 0 Å². The maximum Gasteiger partial charge on any atom is 0.242 e. The Kier molecular flexibility index (Phi) is 7.19. The molecular weight excluding hydrogens is 350 g/mol. The van der Waals surface area contributed by atoms with Crippen LogP contribution in [0, 0.1) is 5.92 Å². The minimum Gasteiger partial charge on any atom is -0.353 e. The first-order chi connectivity index (χ1) is 13.5. The summed E-state index contributed by atoms with van der Waals surface area (Å²) in [4.78, 5) is 30.0. The monoisotopic (exact) mass is 387 g/mol. The highest BCUT2D eigenvalue weighted by Crippen LogP contribution is 2.30. The van der Waals surface area contributed by atoms with Gasteiger partial charge in [0, 0.05) is 37.4 Å². The van der Waals surface area contributed by atoms with Gasteiger partial charge in [-0.15, -0.1) is 0 Å². The Bertz CT molecular complexity index is 659. The molecule has 0 saturated heterocycles. The fraction of sp³-hybridized carbons (Fsp3) is 0.739. The van der Waals surface area contributed by atoms with E-state index in [-0.39, 0.29) is 24.4 Å². The third-order valence-corrected chi connectivity index (χ3v) is 6.68. The highest BCUT2D eigenvalue weighted by molar-refractivity contribution is 5.85. The topological polar surface area (TPSA) is 45.6 Å². The van der Waals surface area contributed by atoms with Crippen molar-refractivity contribution in [1.82, 2.24) is 14.4 Å². The van der Waals surface area contributed by atoms with Gasteiger partial charge in [0.2, 0.25) is 11.8 Å². The zero-order chi connectivity index (χ0) is 20.1. The quantitative estimate of drug-likeness (QED) is 0.606. The maximum atomic E-state index is 13.2. The lowest BCUT2D eigenvalue weighted by Gasteiger charge is -2.32. The number of carbonyl (C=O) groups is 2. The molecule has 1 heterocycles. The lowest BCUT2D eigenvalue weighted by Crippen LogP contribution is -2.47. The summed E-state index contributed by atoms with van der Waals surface area (Å²) in [6, 6.07) is 4.54. The second-order valence-corrected chi connectivity index (χ2v) is 8.83. The van der Waals surface area contributed by atoms with Crippen molar-refractivity contribution in [2.24, 2.45) is 13.0 Å². The zero-order valence-corrected chi connectivity index (χ0v) is 17.9. The fourth-order valence-electron chi connectivity index (χ4n) is 4.36. The first-order valence-corrected chi connectivity index (χ1v) is 11.2. The molecule has 0 N–H and O–H groups in total. The van der Waals surface area contributed by atoms with E-state index in [9.17, 15) is 9.59 Å². The van der Waals surface area contributed by atoms with E-state index < -0.39 is 0 Å². The molecule has 2 fully saturated rings. The van der Waals surface area contributed by atoms with Crippen molar-refractivity contribution in [2.45, 2.75) is 90.3 Å². The van der Waals surface area contributed by atoms with Gasteiger partial charge in [0.1, 0.15) is 6.54 Å². The molecule has 3 rings (SSSR count). The molecule has 5 heteroatoms. The summed E-state index contributed by atoms with van der Waals surface area (Å²) in [7, 11) is 2.02. The van der Waals surface area contributed by atoms with Crippen LogP contribution in [-0.2, 0) is 23.2 Å². The molecule has 1 aromatic heterocycles. The summed E-state index contributed by atoms with van der Waals surface area (Å²) < 4.78 is 2.07. The van der Waals surface area contributed by atoms with Gasteiger partial charge in [-0.3, -0.25) is 9.59 Å². The highest BCUT2D eigenvalue weighted by atomic mass is 16.2. The van der Waals surface area contributed by atoms with E-state index in [4.69, 9.17) is 0 Å². The van der Waals surface area contributed by atoms with Gasteiger partial charge in [-0.25, -0.2) is 0 Å². The standard InChI is InChI=1S/C23H37N3O2/c1-4-18(2)25(22(27)14-11-19-8-5-6-9-19)17-23(28)26(20-12-13-20)16-21-10-7-15-24(21)3/h7,10,15,18-20H,4-6,8-9,11-14,16-17H2,1-3H3/t18-/m1/s1. The first-order valence-electron chi connectivity index (χ1n) is 11.2. The Hall–Kier alpha value is -1.78. The van der Waals surface area contributed by atoms with Crippen molar-refractivity contribution in [3.8, 4) is 0 Å². The number of nitrogens with zero attached hydrogens (tertiary/aromatic N) is 3. The fourth-order valence-corrected chi connectivity index (χ4v) is 4.36. The van der Waals surface area contributed by atoms with E-state index in [2.05, 4.69) is 24.5 Å². The summed E-state index contributed by atoms with van der Waals surface area (Å²) in [5.41, 5.74) is 1.14. The number of aromatic nitrogens is 1. The summed E-state index contributed by atoms with van der Waals surface area (Å²) in [5, 5.41) is 0. The summed E-state index contributed by atoms with van der Waals surface area (Å²) >= 11 is 0. The van der Waals surface area contributed by atoms with E-state index in [1.54, 1.807) is 0 Å². The first kappa shape index (κ1) is 20.9. The summed E-state index contributed by atoms with van der Waals surface area (Å²) in [5.74, 6) is 0.959. The Morgan fingerprint density at radius 1 is 1.18 bits per heavy atom. The molecule has 2 amide bonds. The minimum atomic E-state index is 0.0956. The minimum absolute atomic E-state index is 0.0956. The van der Waals surface area contributed by atoms with Crippen molar-refractivity contribution < 1.29 is 9.59 Å². The molecular formula is C23H37N3O2. The molecule has 0 unspecified atom stereocenters. The van der Waals surface area contributed by atoms with Gasteiger partial charge in [0.25, 0.3) is 0 Å². The van der Waals surface area contributed by atoms with Gasteiger partial charge in [-0.1, -0.05) is 32.6 Å². The molecule has 1 aromatic rings. The molecule has 1 atom stereocenters. The SMILES string of the molecule is CC[C@@H](C)N(CC(=O)N(Cc1cccn1C)C1CC1)C(=O)CCC1CCCC1. The van der Waals surface area contributed by atoms with Crippen LogP contribution in [0.25, 0.3) is 0 Å². The van der Waals surface area contributed by atoms with E-state index in [0.29, 0.717) is 24.9 Å². The van der Waals surface area contributed by atoms with Crippen LogP contribution in [0.5, 0.6) is 0 Å². The molecule has 5 nitrogen and oxygen atoms in total. The third-order valence-electron chi connectivity index (χ3n) is 6.68. The number of rotatable bonds is 10. The lowest BCUT2D eigenvalue weighted by atomic mass is 10.0. The predicted octanol–water partition coefficient (Wildman–Crippen LogP) is 4.11.